The summed E-state index contributed by atoms with van der Waals surface area (Å²) in [5.41, 5.74) is 5.89. The zero-order valence-electron chi connectivity index (χ0n) is 10.6. The Kier molecular flexibility index (Phi) is 4.56. The molecule has 18 heavy (non-hydrogen) atoms. The van der Waals surface area contributed by atoms with E-state index in [1.165, 1.54) is 0 Å². The van der Waals surface area contributed by atoms with Gasteiger partial charge in [0.15, 0.2) is 0 Å². The smallest absolute Gasteiger partial charge is 0.229 e. The van der Waals surface area contributed by atoms with Crippen molar-refractivity contribution in [1.82, 2.24) is 4.98 Å². The van der Waals surface area contributed by atoms with Crippen molar-refractivity contribution in [2.24, 2.45) is 11.7 Å². The molecule has 2 rings (SSSR count). The second kappa shape index (κ2) is 5.97. The topological polar surface area (TPSA) is 42.1 Å². The molecule has 1 heterocycles. The minimum absolute atomic E-state index is 0.370. The minimum Gasteiger partial charge on any atom is -0.359 e. The number of halogens is 2. The Labute approximate surface area is 116 Å². The molecule has 1 aromatic heterocycles. The lowest BCUT2D eigenvalue weighted by atomic mass is 9.86. The number of hydrogen-bond donors (Lipinski definition) is 1. The highest BCUT2D eigenvalue weighted by molar-refractivity contribution is 9.10. The fourth-order valence-corrected chi connectivity index (χ4v) is 2.69. The molecule has 0 spiro atoms. The highest BCUT2D eigenvalue weighted by Gasteiger charge is 2.20. The maximum Gasteiger partial charge on any atom is 0.229 e. The first kappa shape index (κ1) is 13.7. The number of hydrogen-bond acceptors (Lipinski definition) is 3. The Morgan fingerprint density at radius 1 is 1.39 bits per heavy atom. The van der Waals surface area contributed by atoms with Gasteiger partial charge in [-0.3, -0.25) is 0 Å². The van der Waals surface area contributed by atoms with Crippen LogP contribution in [0.25, 0.3) is 0 Å². The molecule has 0 unspecified atom stereocenters. The molecule has 5 heteroatoms. The summed E-state index contributed by atoms with van der Waals surface area (Å²) in [7, 11) is 1.96. The van der Waals surface area contributed by atoms with Crippen molar-refractivity contribution >= 4 is 21.7 Å². The van der Waals surface area contributed by atoms with E-state index in [2.05, 4.69) is 20.9 Å². The molecule has 0 radical (unpaired) electrons. The molecule has 0 aromatic carbocycles. The van der Waals surface area contributed by atoms with Crippen molar-refractivity contribution in [3.63, 3.8) is 0 Å². The molecule has 1 aromatic rings. The fraction of sp³-hybridized carbons (Fsp3) is 0.615. The van der Waals surface area contributed by atoms with Gasteiger partial charge in [-0.2, -0.15) is 4.39 Å². The third-order valence-corrected chi connectivity index (χ3v) is 4.19. The van der Waals surface area contributed by atoms with Gasteiger partial charge in [-0.15, -0.1) is 0 Å². The maximum atomic E-state index is 13.4. The third kappa shape index (κ3) is 3.42. The van der Waals surface area contributed by atoms with Crippen LogP contribution in [-0.2, 0) is 0 Å². The number of pyridine rings is 1. The van der Waals surface area contributed by atoms with Crippen LogP contribution in [-0.4, -0.2) is 24.6 Å². The molecule has 0 saturated heterocycles. The predicted octanol–water partition coefficient (Wildman–Crippen LogP) is 2.94. The summed E-state index contributed by atoms with van der Waals surface area (Å²) in [5, 5.41) is 0. The van der Waals surface area contributed by atoms with E-state index in [1.54, 1.807) is 6.07 Å². The summed E-state index contributed by atoms with van der Waals surface area (Å²) in [5.74, 6) is 0.874. The van der Waals surface area contributed by atoms with Gasteiger partial charge in [-0.1, -0.05) is 0 Å². The monoisotopic (exact) mass is 315 g/mol. The predicted molar refractivity (Wildman–Crippen MR) is 75.1 cm³/mol. The number of nitrogens with zero attached hydrogens (tertiary/aromatic N) is 2. The van der Waals surface area contributed by atoms with Gasteiger partial charge in [-0.05, 0) is 59.7 Å². The normalized spacial score (nSPS) is 24.0. The molecule has 0 bridgehead atoms. The summed E-state index contributed by atoms with van der Waals surface area (Å²) in [4.78, 5) is 5.97. The molecule has 0 amide bonds. The van der Waals surface area contributed by atoms with Crippen molar-refractivity contribution in [3.05, 3.63) is 22.6 Å². The first-order chi connectivity index (χ1) is 8.56. The van der Waals surface area contributed by atoms with Crippen LogP contribution in [0.4, 0.5) is 10.2 Å². The Morgan fingerprint density at radius 3 is 2.67 bits per heavy atom. The second-order valence-corrected chi connectivity index (χ2v) is 5.96. The minimum atomic E-state index is -0.454. The van der Waals surface area contributed by atoms with Crippen molar-refractivity contribution in [2.75, 3.05) is 18.5 Å². The lowest BCUT2D eigenvalue weighted by Crippen LogP contribution is -2.33. The maximum absolute atomic E-state index is 13.4. The van der Waals surface area contributed by atoms with Crippen LogP contribution < -0.4 is 10.6 Å². The van der Waals surface area contributed by atoms with E-state index in [1.807, 2.05) is 18.0 Å². The van der Waals surface area contributed by atoms with E-state index < -0.39 is 5.95 Å². The van der Waals surface area contributed by atoms with Gasteiger partial charge in [0.2, 0.25) is 5.95 Å². The fourth-order valence-electron chi connectivity index (χ4n) is 2.47. The summed E-state index contributed by atoms with van der Waals surface area (Å²) in [6.45, 7) is 0.917. The zero-order valence-corrected chi connectivity index (χ0v) is 12.2. The lowest BCUT2D eigenvalue weighted by molar-refractivity contribution is 0.329. The van der Waals surface area contributed by atoms with Crippen LogP contribution in [0.5, 0.6) is 0 Å². The largest absolute Gasteiger partial charge is 0.359 e. The number of anilines is 1. The number of aromatic nitrogens is 1. The Balaban J connectivity index is 1.94. The standard InChI is InChI=1S/C13H19BrFN3/c1-18(8-9-2-4-10(16)5-3-9)12-7-6-11(14)13(15)17-12/h6-7,9-10H,2-5,8,16H2,1H3/t9-,10+. The Hall–Kier alpha value is -0.680. The van der Waals surface area contributed by atoms with Crippen LogP contribution in [0.3, 0.4) is 0 Å². The van der Waals surface area contributed by atoms with Crippen LogP contribution in [0.1, 0.15) is 25.7 Å². The van der Waals surface area contributed by atoms with E-state index in [9.17, 15) is 4.39 Å². The van der Waals surface area contributed by atoms with Crippen LogP contribution in [0.15, 0.2) is 16.6 Å². The summed E-state index contributed by atoms with van der Waals surface area (Å²) in [6.07, 6.45) is 4.51. The van der Waals surface area contributed by atoms with Gasteiger partial charge in [0, 0.05) is 19.6 Å². The van der Waals surface area contributed by atoms with Crippen LogP contribution >= 0.6 is 15.9 Å². The van der Waals surface area contributed by atoms with Crippen molar-refractivity contribution in [1.29, 1.82) is 0 Å². The van der Waals surface area contributed by atoms with Gasteiger partial charge in [0.1, 0.15) is 5.82 Å². The quantitative estimate of drug-likeness (QED) is 0.872. The molecule has 1 saturated carbocycles. The molecular formula is C13H19BrFN3. The summed E-state index contributed by atoms with van der Waals surface area (Å²) < 4.78 is 13.8. The van der Waals surface area contributed by atoms with Crippen LogP contribution in [0, 0.1) is 11.9 Å². The SMILES string of the molecule is CN(C[C@H]1CC[C@@H](N)CC1)c1ccc(Br)c(F)n1. The van der Waals surface area contributed by atoms with Crippen molar-refractivity contribution < 1.29 is 4.39 Å². The molecular weight excluding hydrogens is 297 g/mol. The van der Waals surface area contributed by atoms with Crippen molar-refractivity contribution in [2.45, 2.75) is 31.7 Å². The number of nitrogens with two attached hydrogens (primary N) is 1. The summed E-state index contributed by atoms with van der Waals surface area (Å²) >= 11 is 3.11. The van der Waals surface area contributed by atoms with Crippen LogP contribution in [0.2, 0.25) is 0 Å². The van der Waals surface area contributed by atoms with Gasteiger partial charge < -0.3 is 10.6 Å². The van der Waals surface area contributed by atoms with Gasteiger partial charge in [0.25, 0.3) is 0 Å². The van der Waals surface area contributed by atoms with E-state index >= 15 is 0 Å². The highest BCUT2D eigenvalue weighted by Crippen LogP contribution is 2.25. The first-order valence-electron chi connectivity index (χ1n) is 6.35. The van der Waals surface area contributed by atoms with Crippen molar-refractivity contribution in [3.8, 4) is 0 Å². The molecule has 3 nitrogen and oxygen atoms in total. The lowest BCUT2D eigenvalue weighted by Gasteiger charge is -2.30. The number of rotatable bonds is 3. The average Bonchev–Trinajstić information content (AvgIpc) is 2.35. The first-order valence-corrected chi connectivity index (χ1v) is 7.14. The van der Waals surface area contributed by atoms with E-state index in [0.29, 0.717) is 22.3 Å². The van der Waals surface area contributed by atoms with Gasteiger partial charge in [0.05, 0.1) is 4.47 Å². The third-order valence-electron chi connectivity index (χ3n) is 3.60. The summed E-state index contributed by atoms with van der Waals surface area (Å²) in [6, 6.07) is 3.90. The van der Waals surface area contributed by atoms with E-state index in [4.69, 9.17) is 5.73 Å². The molecule has 100 valence electrons. The van der Waals surface area contributed by atoms with E-state index in [-0.39, 0.29) is 0 Å². The Morgan fingerprint density at radius 2 is 2.06 bits per heavy atom. The van der Waals surface area contributed by atoms with Gasteiger partial charge in [-0.25, -0.2) is 4.98 Å². The highest BCUT2D eigenvalue weighted by atomic mass is 79.9. The molecule has 0 aliphatic heterocycles. The second-order valence-electron chi connectivity index (χ2n) is 5.10. The van der Waals surface area contributed by atoms with E-state index in [0.717, 1.165) is 32.2 Å². The van der Waals surface area contributed by atoms with Gasteiger partial charge >= 0.3 is 0 Å². The molecule has 0 atom stereocenters. The average molecular weight is 316 g/mol. The molecule has 1 aliphatic rings. The zero-order chi connectivity index (χ0) is 13.1. The molecule has 1 fully saturated rings. The Bertz CT molecular complexity index is 405. The molecule has 2 N–H and O–H groups in total. The molecule has 1 aliphatic carbocycles.